The molecule has 2 atom stereocenters. The van der Waals surface area contributed by atoms with Crippen molar-refractivity contribution in [1.29, 1.82) is 0 Å². The number of hydrogen-bond acceptors (Lipinski definition) is 4. The second-order valence-electron chi connectivity index (χ2n) is 1.94. The number of cyclic esters (lactones) is 2. The van der Waals surface area contributed by atoms with E-state index < -0.39 is 18.4 Å². The molecule has 1 N–H and O–H groups in total. The smallest absolute Gasteiger partial charge is 0.430 e. The van der Waals surface area contributed by atoms with Crippen molar-refractivity contribution < 1.29 is 19.4 Å². The number of rotatable bonds is 2. The third kappa shape index (κ3) is 1.27. The van der Waals surface area contributed by atoms with Crippen molar-refractivity contribution in [3.63, 3.8) is 0 Å². The molecule has 1 heterocycles. The highest BCUT2D eigenvalue weighted by Gasteiger charge is 2.29. The van der Waals surface area contributed by atoms with E-state index in [0.29, 0.717) is 0 Å². The summed E-state index contributed by atoms with van der Waals surface area (Å²) in [6, 6.07) is 0. The standard InChI is InChI=1S/C6H8O4/c1-2-4(7)5-3-9-6(8)10-5/h2,4-5,7H,1,3H2/t4-,5+/m0/s1. The molecule has 0 radical (unpaired) electrons. The van der Waals surface area contributed by atoms with Crippen LogP contribution >= 0.6 is 0 Å². The Morgan fingerprint density at radius 1 is 1.90 bits per heavy atom. The lowest BCUT2D eigenvalue weighted by atomic mass is 10.2. The van der Waals surface area contributed by atoms with Gasteiger partial charge in [0.25, 0.3) is 0 Å². The van der Waals surface area contributed by atoms with Crippen LogP contribution in [0.3, 0.4) is 0 Å². The molecular formula is C6H8O4. The van der Waals surface area contributed by atoms with Gasteiger partial charge in [0.2, 0.25) is 0 Å². The van der Waals surface area contributed by atoms with Crippen molar-refractivity contribution in [2.24, 2.45) is 0 Å². The minimum absolute atomic E-state index is 0.103. The lowest BCUT2D eigenvalue weighted by molar-refractivity contribution is 0.0590. The average molecular weight is 144 g/mol. The van der Waals surface area contributed by atoms with Gasteiger partial charge in [-0.25, -0.2) is 4.79 Å². The molecule has 0 aromatic carbocycles. The Bertz CT molecular complexity index is 154. The Hall–Kier alpha value is -1.03. The van der Waals surface area contributed by atoms with E-state index in [1.54, 1.807) is 0 Å². The molecule has 10 heavy (non-hydrogen) atoms. The Balaban J connectivity index is 2.43. The zero-order valence-corrected chi connectivity index (χ0v) is 5.32. The van der Waals surface area contributed by atoms with Gasteiger partial charge in [0.05, 0.1) is 0 Å². The van der Waals surface area contributed by atoms with Gasteiger partial charge in [-0.2, -0.15) is 0 Å². The number of hydrogen-bond donors (Lipinski definition) is 1. The zero-order valence-electron chi connectivity index (χ0n) is 5.32. The van der Waals surface area contributed by atoms with Crippen LogP contribution in [0, 0.1) is 0 Å². The fraction of sp³-hybridized carbons (Fsp3) is 0.500. The van der Waals surface area contributed by atoms with Crippen molar-refractivity contribution in [3.8, 4) is 0 Å². The number of carbonyl (C=O) groups excluding carboxylic acids is 1. The van der Waals surface area contributed by atoms with Crippen LogP contribution < -0.4 is 0 Å². The van der Waals surface area contributed by atoms with Crippen LogP contribution in [0.2, 0.25) is 0 Å². The van der Waals surface area contributed by atoms with Gasteiger partial charge >= 0.3 is 6.16 Å². The van der Waals surface area contributed by atoms with Gasteiger partial charge in [-0.3, -0.25) is 0 Å². The molecule has 0 spiro atoms. The largest absolute Gasteiger partial charge is 0.508 e. The second kappa shape index (κ2) is 2.70. The van der Waals surface area contributed by atoms with Crippen LogP contribution in [0.25, 0.3) is 0 Å². The number of ether oxygens (including phenoxy) is 2. The Labute approximate surface area is 58.1 Å². The summed E-state index contributed by atoms with van der Waals surface area (Å²) in [7, 11) is 0. The van der Waals surface area contributed by atoms with Crippen molar-refractivity contribution in [2.75, 3.05) is 6.61 Å². The molecule has 0 unspecified atom stereocenters. The molecular weight excluding hydrogens is 136 g/mol. The molecule has 0 bridgehead atoms. The molecule has 1 saturated heterocycles. The molecule has 0 saturated carbocycles. The first-order chi connectivity index (χ1) is 4.74. The maximum atomic E-state index is 10.3. The molecule has 1 fully saturated rings. The minimum atomic E-state index is -0.827. The Kier molecular flexibility index (Phi) is 1.91. The first kappa shape index (κ1) is 7.08. The predicted molar refractivity (Wildman–Crippen MR) is 32.4 cm³/mol. The maximum absolute atomic E-state index is 10.3. The van der Waals surface area contributed by atoms with Gasteiger partial charge in [0.1, 0.15) is 12.7 Å². The third-order valence-corrected chi connectivity index (χ3v) is 1.24. The SMILES string of the molecule is C=C[C@H](O)[C@H]1COC(=O)O1. The topological polar surface area (TPSA) is 55.8 Å². The highest BCUT2D eigenvalue weighted by molar-refractivity contribution is 5.62. The van der Waals surface area contributed by atoms with E-state index in [4.69, 9.17) is 5.11 Å². The van der Waals surface area contributed by atoms with Crippen molar-refractivity contribution in [2.45, 2.75) is 12.2 Å². The molecule has 56 valence electrons. The van der Waals surface area contributed by atoms with E-state index >= 15 is 0 Å². The molecule has 0 aliphatic carbocycles. The minimum Gasteiger partial charge on any atom is -0.430 e. The highest BCUT2D eigenvalue weighted by atomic mass is 16.8. The maximum Gasteiger partial charge on any atom is 0.508 e. The van der Waals surface area contributed by atoms with Crippen LogP contribution in [0.15, 0.2) is 12.7 Å². The summed E-state index contributed by atoms with van der Waals surface area (Å²) in [6.45, 7) is 3.44. The van der Waals surface area contributed by atoms with Gasteiger partial charge < -0.3 is 14.6 Å². The summed E-state index contributed by atoms with van der Waals surface area (Å²) in [5.41, 5.74) is 0. The van der Waals surface area contributed by atoms with E-state index in [9.17, 15) is 4.79 Å². The van der Waals surface area contributed by atoms with E-state index in [2.05, 4.69) is 16.1 Å². The normalized spacial score (nSPS) is 26.9. The Morgan fingerprint density at radius 3 is 3.00 bits per heavy atom. The molecule has 4 nitrogen and oxygen atoms in total. The van der Waals surface area contributed by atoms with E-state index in [0.717, 1.165) is 0 Å². The molecule has 0 aromatic rings. The van der Waals surface area contributed by atoms with Crippen molar-refractivity contribution in [1.82, 2.24) is 0 Å². The molecule has 4 heteroatoms. The summed E-state index contributed by atoms with van der Waals surface area (Å²) in [6.07, 6.45) is -0.838. The van der Waals surface area contributed by atoms with Crippen molar-refractivity contribution >= 4 is 6.16 Å². The van der Waals surface area contributed by atoms with Gasteiger partial charge in [-0.1, -0.05) is 6.08 Å². The van der Waals surface area contributed by atoms with E-state index in [-0.39, 0.29) is 6.61 Å². The van der Waals surface area contributed by atoms with Gasteiger partial charge in [0.15, 0.2) is 6.10 Å². The van der Waals surface area contributed by atoms with Crippen LogP contribution in [0.4, 0.5) is 4.79 Å². The van der Waals surface area contributed by atoms with Crippen molar-refractivity contribution in [3.05, 3.63) is 12.7 Å². The Morgan fingerprint density at radius 2 is 2.60 bits per heavy atom. The molecule has 1 aliphatic heterocycles. The summed E-state index contributed by atoms with van der Waals surface area (Å²) < 4.78 is 8.95. The summed E-state index contributed by atoms with van der Waals surface area (Å²) in [5.74, 6) is 0. The monoisotopic (exact) mass is 144 g/mol. The molecule has 1 rings (SSSR count). The summed E-state index contributed by atoms with van der Waals surface area (Å²) in [4.78, 5) is 10.3. The predicted octanol–water partition coefficient (Wildman–Crippen LogP) is 0.0687. The zero-order chi connectivity index (χ0) is 7.56. The molecule has 1 aliphatic rings. The highest BCUT2D eigenvalue weighted by Crippen LogP contribution is 2.10. The number of aliphatic hydroxyl groups is 1. The fourth-order valence-electron chi connectivity index (χ4n) is 0.662. The third-order valence-electron chi connectivity index (χ3n) is 1.24. The van der Waals surface area contributed by atoms with Crippen LogP contribution in [0.1, 0.15) is 0 Å². The summed E-state index contributed by atoms with van der Waals surface area (Å²) in [5, 5.41) is 9.00. The molecule has 0 aromatic heterocycles. The second-order valence-corrected chi connectivity index (χ2v) is 1.94. The van der Waals surface area contributed by atoms with Gasteiger partial charge in [-0.05, 0) is 0 Å². The average Bonchev–Trinajstić information content (AvgIpc) is 2.34. The van der Waals surface area contributed by atoms with Crippen LogP contribution in [-0.4, -0.2) is 30.1 Å². The van der Waals surface area contributed by atoms with Gasteiger partial charge in [-0.15, -0.1) is 6.58 Å². The quantitative estimate of drug-likeness (QED) is 0.440. The van der Waals surface area contributed by atoms with Gasteiger partial charge in [0, 0.05) is 0 Å². The number of carbonyl (C=O) groups is 1. The molecule has 0 amide bonds. The van der Waals surface area contributed by atoms with Crippen LogP contribution in [-0.2, 0) is 9.47 Å². The first-order valence-corrected chi connectivity index (χ1v) is 2.88. The fourth-order valence-corrected chi connectivity index (χ4v) is 0.662. The van der Waals surface area contributed by atoms with Crippen LogP contribution in [0.5, 0.6) is 0 Å². The first-order valence-electron chi connectivity index (χ1n) is 2.88. The number of aliphatic hydroxyl groups excluding tert-OH is 1. The lowest BCUT2D eigenvalue weighted by Gasteiger charge is -2.08. The van der Waals surface area contributed by atoms with E-state index in [1.165, 1.54) is 6.08 Å². The lowest BCUT2D eigenvalue weighted by Crippen LogP contribution is -2.25. The summed E-state index contributed by atoms with van der Waals surface area (Å²) >= 11 is 0. The van der Waals surface area contributed by atoms with E-state index in [1.807, 2.05) is 0 Å².